The highest BCUT2D eigenvalue weighted by molar-refractivity contribution is 6.03. The van der Waals surface area contributed by atoms with Crippen LogP contribution in [0.25, 0.3) is 0 Å². The predicted molar refractivity (Wildman–Crippen MR) is 103 cm³/mol. The van der Waals surface area contributed by atoms with Gasteiger partial charge in [0.1, 0.15) is 5.82 Å². The molecule has 0 bridgehead atoms. The summed E-state index contributed by atoms with van der Waals surface area (Å²) in [5, 5.41) is 6.53. The number of hydrogen-bond donors (Lipinski definition) is 2. The van der Waals surface area contributed by atoms with Crippen molar-refractivity contribution in [2.24, 2.45) is 0 Å². The summed E-state index contributed by atoms with van der Waals surface area (Å²) in [6.45, 7) is 2.04. The molecule has 0 radical (unpaired) electrons. The summed E-state index contributed by atoms with van der Waals surface area (Å²) in [4.78, 5) is 21.7. The first-order valence-corrected chi connectivity index (χ1v) is 8.79. The number of carbonyl (C=O) groups is 1. The van der Waals surface area contributed by atoms with Crippen LogP contribution in [0, 0.1) is 6.92 Å². The Hall–Kier alpha value is -3.21. The van der Waals surface area contributed by atoms with Crippen molar-refractivity contribution in [1.82, 2.24) is 9.97 Å². The van der Waals surface area contributed by atoms with E-state index in [0.29, 0.717) is 23.8 Å². The van der Waals surface area contributed by atoms with Crippen LogP contribution >= 0.6 is 0 Å². The average molecular weight is 344 g/mol. The number of Topliss-reactive ketones (excluding diaryl/α,β-unsaturated/α-hetero) is 1. The normalized spacial score (nSPS) is 13.2. The minimum absolute atomic E-state index is 0.104. The van der Waals surface area contributed by atoms with Gasteiger partial charge < -0.3 is 10.6 Å². The highest BCUT2D eigenvalue weighted by atomic mass is 16.1. The van der Waals surface area contributed by atoms with Crippen LogP contribution in [0.4, 0.5) is 23.1 Å². The van der Waals surface area contributed by atoms with Gasteiger partial charge in [0.2, 0.25) is 5.95 Å². The van der Waals surface area contributed by atoms with E-state index >= 15 is 0 Å². The standard InChI is InChI=1S/C21H20N4O/c1-14-10-12-16(13-11-14)22-20-19-17(8-5-9-18(19)26)24-21(25-20)23-15-6-3-2-4-7-15/h2-4,6-7,10-13H,5,8-9H2,1H3,(H2,22,23,24,25). The van der Waals surface area contributed by atoms with Crippen LogP contribution in [0.5, 0.6) is 0 Å². The molecule has 0 atom stereocenters. The van der Waals surface area contributed by atoms with Gasteiger partial charge in [-0.3, -0.25) is 4.79 Å². The number of para-hydroxylation sites is 1. The molecule has 130 valence electrons. The Kier molecular flexibility index (Phi) is 4.35. The van der Waals surface area contributed by atoms with Crippen LogP contribution in [0.1, 0.15) is 34.5 Å². The maximum absolute atomic E-state index is 12.5. The van der Waals surface area contributed by atoms with Crippen molar-refractivity contribution < 1.29 is 4.79 Å². The van der Waals surface area contributed by atoms with Crippen LogP contribution in [0.15, 0.2) is 54.6 Å². The number of hydrogen-bond acceptors (Lipinski definition) is 5. The molecular formula is C21H20N4O. The molecule has 0 spiro atoms. The molecule has 26 heavy (non-hydrogen) atoms. The van der Waals surface area contributed by atoms with Crippen LogP contribution < -0.4 is 10.6 Å². The van der Waals surface area contributed by atoms with Gasteiger partial charge in [0.15, 0.2) is 5.78 Å². The van der Waals surface area contributed by atoms with Crippen molar-refractivity contribution in [3.05, 3.63) is 71.4 Å². The molecule has 0 unspecified atom stereocenters. The van der Waals surface area contributed by atoms with Crippen molar-refractivity contribution in [2.75, 3.05) is 10.6 Å². The fourth-order valence-electron chi connectivity index (χ4n) is 3.09. The minimum atomic E-state index is 0.104. The van der Waals surface area contributed by atoms with E-state index in [0.717, 1.165) is 29.9 Å². The van der Waals surface area contributed by atoms with Crippen LogP contribution in [0.2, 0.25) is 0 Å². The van der Waals surface area contributed by atoms with Gasteiger partial charge in [-0.1, -0.05) is 35.9 Å². The van der Waals surface area contributed by atoms with Crippen LogP contribution in [0.3, 0.4) is 0 Å². The number of nitrogens with zero attached hydrogens (tertiary/aromatic N) is 2. The predicted octanol–water partition coefficient (Wildman–Crippen LogP) is 4.79. The zero-order valence-corrected chi connectivity index (χ0v) is 14.6. The molecule has 1 heterocycles. The lowest BCUT2D eigenvalue weighted by molar-refractivity contribution is 0.0972. The molecule has 0 amide bonds. The number of anilines is 4. The number of fused-ring (bicyclic) bond motifs is 1. The number of carbonyl (C=O) groups excluding carboxylic acids is 1. The third-order valence-corrected chi connectivity index (χ3v) is 4.42. The summed E-state index contributed by atoms with van der Waals surface area (Å²) in [6, 6.07) is 17.8. The topological polar surface area (TPSA) is 66.9 Å². The van der Waals surface area contributed by atoms with Crippen molar-refractivity contribution in [3.63, 3.8) is 0 Å². The number of nitrogens with one attached hydrogen (secondary N) is 2. The van der Waals surface area contributed by atoms with Gasteiger partial charge in [0.05, 0.1) is 11.3 Å². The van der Waals surface area contributed by atoms with Gasteiger partial charge in [0, 0.05) is 17.8 Å². The van der Waals surface area contributed by atoms with Gasteiger partial charge >= 0.3 is 0 Å². The Bertz CT molecular complexity index is 936. The van der Waals surface area contributed by atoms with Gasteiger partial charge in [-0.15, -0.1) is 0 Å². The molecule has 1 aliphatic rings. The second-order valence-corrected chi connectivity index (χ2v) is 6.48. The lowest BCUT2D eigenvalue weighted by Crippen LogP contribution is -2.17. The molecule has 0 fully saturated rings. The SMILES string of the molecule is Cc1ccc(Nc2nc(Nc3ccccc3)nc3c2C(=O)CCC3)cc1. The lowest BCUT2D eigenvalue weighted by atomic mass is 9.95. The zero-order chi connectivity index (χ0) is 17.9. The summed E-state index contributed by atoms with van der Waals surface area (Å²) < 4.78 is 0. The third kappa shape index (κ3) is 3.42. The molecule has 0 aliphatic heterocycles. The molecule has 0 saturated heterocycles. The Morgan fingerprint density at radius 1 is 0.846 bits per heavy atom. The van der Waals surface area contributed by atoms with E-state index in [1.165, 1.54) is 5.56 Å². The molecule has 2 N–H and O–H groups in total. The monoisotopic (exact) mass is 344 g/mol. The lowest BCUT2D eigenvalue weighted by Gasteiger charge is -2.19. The molecule has 5 heteroatoms. The van der Waals surface area contributed by atoms with E-state index in [9.17, 15) is 4.79 Å². The number of aromatic nitrogens is 2. The summed E-state index contributed by atoms with van der Waals surface area (Å²) in [6.07, 6.45) is 2.16. The highest BCUT2D eigenvalue weighted by Crippen LogP contribution is 2.29. The first-order chi connectivity index (χ1) is 12.7. The van der Waals surface area contributed by atoms with E-state index in [-0.39, 0.29) is 5.78 Å². The molecule has 3 aromatic rings. The van der Waals surface area contributed by atoms with E-state index in [4.69, 9.17) is 0 Å². The first-order valence-electron chi connectivity index (χ1n) is 8.79. The quantitative estimate of drug-likeness (QED) is 0.712. The van der Waals surface area contributed by atoms with E-state index in [1.807, 2.05) is 61.5 Å². The number of ketones is 1. The van der Waals surface area contributed by atoms with Gasteiger partial charge in [0.25, 0.3) is 0 Å². The molecule has 2 aromatic carbocycles. The van der Waals surface area contributed by atoms with Gasteiger partial charge in [-0.05, 0) is 44.0 Å². The molecule has 4 rings (SSSR count). The fourth-order valence-corrected chi connectivity index (χ4v) is 3.09. The Labute approximate surface area is 152 Å². The van der Waals surface area contributed by atoms with Gasteiger partial charge in [-0.25, -0.2) is 4.98 Å². The zero-order valence-electron chi connectivity index (χ0n) is 14.6. The van der Waals surface area contributed by atoms with Crippen molar-refractivity contribution in [1.29, 1.82) is 0 Å². The van der Waals surface area contributed by atoms with E-state index in [1.54, 1.807) is 0 Å². The average Bonchev–Trinajstić information content (AvgIpc) is 2.64. The summed E-state index contributed by atoms with van der Waals surface area (Å²) in [7, 11) is 0. The maximum atomic E-state index is 12.5. The Morgan fingerprint density at radius 3 is 2.35 bits per heavy atom. The number of aryl methyl sites for hydroxylation is 2. The second kappa shape index (κ2) is 6.96. The smallest absolute Gasteiger partial charge is 0.229 e. The van der Waals surface area contributed by atoms with Crippen LogP contribution in [-0.4, -0.2) is 15.8 Å². The molecule has 0 saturated carbocycles. The third-order valence-electron chi connectivity index (χ3n) is 4.42. The molecular weight excluding hydrogens is 324 g/mol. The molecule has 1 aromatic heterocycles. The Balaban J connectivity index is 1.73. The van der Waals surface area contributed by atoms with Gasteiger partial charge in [-0.2, -0.15) is 4.98 Å². The highest BCUT2D eigenvalue weighted by Gasteiger charge is 2.24. The molecule has 1 aliphatic carbocycles. The number of rotatable bonds is 4. The summed E-state index contributed by atoms with van der Waals surface area (Å²) >= 11 is 0. The van der Waals surface area contributed by atoms with Crippen LogP contribution in [-0.2, 0) is 6.42 Å². The molecule has 5 nitrogen and oxygen atoms in total. The minimum Gasteiger partial charge on any atom is -0.339 e. The summed E-state index contributed by atoms with van der Waals surface area (Å²) in [5.74, 6) is 1.17. The van der Waals surface area contributed by atoms with E-state index < -0.39 is 0 Å². The van der Waals surface area contributed by atoms with Crippen molar-refractivity contribution in [3.8, 4) is 0 Å². The van der Waals surface area contributed by atoms with Crippen molar-refractivity contribution >= 4 is 28.9 Å². The Morgan fingerprint density at radius 2 is 1.58 bits per heavy atom. The second-order valence-electron chi connectivity index (χ2n) is 6.48. The van der Waals surface area contributed by atoms with E-state index in [2.05, 4.69) is 20.6 Å². The fraction of sp³-hybridized carbons (Fsp3) is 0.190. The first kappa shape index (κ1) is 16.3. The maximum Gasteiger partial charge on any atom is 0.229 e. The van der Waals surface area contributed by atoms with Crippen molar-refractivity contribution in [2.45, 2.75) is 26.2 Å². The largest absolute Gasteiger partial charge is 0.339 e. The number of benzene rings is 2. The summed E-state index contributed by atoms with van der Waals surface area (Å²) in [5.41, 5.74) is 4.43.